The Bertz CT molecular complexity index is 2290. The summed E-state index contributed by atoms with van der Waals surface area (Å²) in [4.78, 5) is 113. The Balaban J connectivity index is 2.25. The molecule has 5 N–H and O–H groups in total. The number of aliphatic carboxylic acids is 1. The van der Waals surface area contributed by atoms with Crippen LogP contribution in [0.3, 0.4) is 0 Å². The smallest absolute Gasteiger partial charge is 0.306 e. The van der Waals surface area contributed by atoms with Crippen molar-refractivity contribution in [3.05, 3.63) is 52.0 Å². The number of nitrogens with zero attached hydrogens (tertiary/aromatic N) is 3. The Morgan fingerprint density at radius 1 is 0.813 bits per heavy atom. The minimum Gasteiger partial charge on any atom is -0.481 e. The van der Waals surface area contributed by atoms with Crippen molar-refractivity contribution in [3.8, 4) is 11.8 Å². The molecule has 6 amide bonds. The number of nitrogens with one attached hydrogen (secondary N) is 4. The average molecular weight is 1070 g/mol. The zero-order chi connectivity index (χ0) is 57.0. The van der Waals surface area contributed by atoms with Crippen molar-refractivity contribution in [2.45, 2.75) is 171 Å². The summed E-state index contributed by atoms with van der Waals surface area (Å²) in [6, 6.07) is 6.40. The second kappa shape index (κ2) is 30.6. The summed E-state index contributed by atoms with van der Waals surface area (Å²) in [6.45, 7) is 26.0. The Labute approximate surface area is 450 Å². The standard InChI is InChI=1S/C56H87N7O11S/c1-17-37(8)47(61-50(68)48(36(6)7)63(16)54(72)55(11,12)33-73-56(13,14)26-28-58-46(66)24-23-45(65)57-27-25-34(2)3)52(69)62(15)43(35(4)5)31-44(74-39(10)64)51-60-42(32-75-51)49(67)59-41(29-38(9)53(70)71)30-40-21-19-18-20-22-40/h18-22,32,34-38,41,43-44,47-48H,17,25-31,33H2,1-16H3,(H,57,65)(H,58,66)(H,59,67)(H,61,68)(H,70,71)/t37-,38?,41+,43?,44+,47-,48?/m0/s1. The maximum absolute atomic E-state index is 14.7. The van der Waals surface area contributed by atoms with E-state index >= 15 is 0 Å². The lowest BCUT2D eigenvalue weighted by Gasteiger charge is -2.39. The van der Waals surface area contributed by atoms with E-state index in [1.54, 1.807) is 45.1 Å². The van der Waals surface area contributed by atoms with Gasteiger partial charge in [0.25, 0.3) is 17.7 Å². The summed E-state index contributed by atoms with van der Waals surface area (Å²) < 4.78 is 12.1. The molecule has 2 rings (SSSR count). The van der Waals surface area contributed by atoms with E-state index in [9.17, 15) is 43.5 Å². The summed E-state index contributed by atoms with van der Waals surface area (Å²) in [7, 11) is 3.21. The lowest BCUT2D eigenvalue weighted by molar-refractivity contribution is -0.154. The molecule has 0 bridgehead atoms. The molecule has 0 radical (unpaired) electrons. The third-order valence-corrected chi connectivity index (χ3v) is 14.2. The SMILES string of the molecule is CC[C@H](C)[C@H](NC(=O)C(C(C)C)N(C)C(=O)C(C)(C)COC(C)(C)CCNC(=O)C#CC(=O)NCCC(C)C)C(=O)N(C)C(C[C@@H](OC(C)=O)c1nc(C(=O)N[C@@H](Cc2ccccc2)CC(C)C(=O)O)cs1)C(C)C. The molecule has 0 spiro atoms. The van der Waals surface area contributed by atoms with Crippen molar-refractivity contribution < 1.29 is 52.9 Å². The molecule has 0 aliphatic rings. The predicted octanol–water partition coefficient (Wildman–Crippen LogP) is 6.58. The molecule has 75 heavy (non-hydrogen) atoms. The number of ether oxygens (including phenoxy) is 2. The fourth-order valence-electron chi connectivity index (χ4n) is 8.41. The minimum absolute atomic E-state index is 0.0116. The van der Waals surface area contributed by atoms with E-state index in [0.717, 1.165) is 23.3 Å². The average Bonchev–Trinajstić information content (AvgIpc) is 3.83. The van der Waals surface area contributed by atoms with E-state index in [0.29, 0.717) is 36.7 Å². The van der Waals surface area contributed by atoms with Crippen LogP contribution >= 0.6 is 11.3 Å². The van der Waals surface area contributed by atoms with Gasteiger partial charge in [0.05, 0.1) is 23.5 Å². The molecule has 18 nitrogen and oxygen atoms in total. The maximum Gasteiger partial charge on any atom is 0.306 e. The van der Waals surface area contributed by atoms with Gasteiger partial charge in [0.15, 0.2) is 6.10 Å². The number of carbonyl (C=O) groups excluding carboxylic acids is 7. The molecule has 1 aromatic heterocycles. The van der Waals surface area contributed by atoms with E-state index in [1.165, 1.54) is 11.8 Å². The molecular formula is C56H87N7O11S. The van der Waals surface area contributed by atoms with Crippen LogP contribution in [0.4, 0.5) is 0 Å². The molecular weight excluding hydrogens is 979 g/mol. The number of carboxylic acid groups (broad SMARTS) is 1. The van der Waals surface area contributed by atoms with Gasteiger partial charge in [0.1, 0.15) is 22.8 Å². The molecule has 0 aliphatic heterocycles. The highest BCUT2D eigenvalue weighted by molar-refractivity contribution is 7.09. The molecule has 0 saturated heterocycles. The number of amides is 6. The lowest BCUT2D eigenvalue weighted by Crippen LogP contribution is -2.60. The lowest BCUT2D eigenvalue weighted by atomic mass is 9.89. The first kappa shape index (κ1) is 65.2. The number of carboxylic acids is 1. The number of hydrogen-bond donors (Lipinski definition) is 5. The van der Waals surface area contributed by atoms with Crippen molar-refractivity contribution in [2.75, 3.05) is 33.8 Å². The summed E-state index contributed by atoms with van der Waals surface area (Å²) in [5.74, 6) is -1.01. The van der Waals surface area contributed by atoms with Crippen LogP contribution < -0.4 is 21.3 Å². The first-order chi connectivity index (χ1) is 34.9. The topological polar surface area (TPSA) is 243 Å². The fraction of sp³-hybridized carbons (Fsp3) is 0.661. The van der Waals surface area contributed by atoms with E-state index < -0.39 is 82.8 Å². The molecule has 0 aliphatic carbocycles. The molecule has 1 aromatic carbocycles. The largest absolute Gasteiger partial charge is 0.481 e. The molecule has 418 valence electrons. The molecule has 0 saturated carbocycles. The Hall–Kier alpha value is -5.87. The van der Waals surface area contributed by atoms with Crippen molar-refractivity contribution in [1.82, 2.24) is 36.1 Å². The quantitative estimate of drug-likeness (QED) is 0.0412. The van der Waals surface area contributed by atoms with E-state index in [-0.39, 0.29) is 61.3 Å². The summed E-state index contributed by atoms with van der Waals surface area (Å²) in [5, 5.41) is 22.8. The van der Waals surface area contributed by atoms with Crippen LogP contribution in [0.1, 0.15) is 156 Å². The number of esters is 1. The van der Waals surface area contributed by atoms with Crippen molar-refractivity contribution in [2.24, 2.45) is 35.0 Å². The minimum atomic E-state index is -1.10. The van der Waals surface area contributed by atoms with Gasteiger partial charge >= 0.3 is 11.9 Å². The summed E-state index contributed by atoms with van der Waals surface area (Å²) in [5.41, 5.74) is -0.879. The molecule has 0 fully saturated rings. The number of likely N-dealkylation sites (N-methyl/N-ethyl adjacent to an activating group) is 2. The van der Waals surface area contributed by atoms with Gasteiger partial charge in [-0.05, 0) is 82.6 Å². The molecule has 1 heterocycles. The van der Waals surface area contributed by atoms with Crippen LogP contribution in [-0.4, -0.2) is 131 Å². The molecule has 19 heteroatoms. The number of carbonyl (C=O) groups is 8. The Morgan fingerprint density at radius 3 is 1.95 bits per heavy atom. The normalized spacial score (nSPS) is 14.5. The third-order valence-electron chi connectivity index (χ3n) is 13.3. The van der Waals surface area contributed by atoms with Gasteiger partial charge in [-0.15, -0.1) is 11.3 Å². The predicted molar refractivity (Wildman–Crippen MR) is 290 cm³/mol. The molecule has 7 atom stereocenters. The Kier molecular flexibility index (Phi) is 26.6. The van der Waals surface area contributed by atoms with Crippen LogP contribution in [0.2, 0.25) is 0 Å². The zero-order valence-corrected chi connectivity index (χ0v) is 48.2. The van der Waals surface area contributed by atoms with Crippen molar-refractivity contribution >= 4 is 58.7 Å². The highest BCUT2D eigenvalue weighted by Gasteiger charge is 2.42. The second-order valence-corrected chi connectivity index (χ2v) is 23.0. The fourth-order valence-corrected chi connectivity index (χ4v) is 9.25. The number of benzene rings is 1. The number of hydrogen-bond acceptors (Lipinski definition) is 12. The van der Waals surface area contributed by atoms with Crippen LogP contribution in [0, 0.1) is 46.8 Å². The van der Waals surface area contributed by atoms with Gasteiger partial charge in [-0.25, -0.2) is 4.98 Å². The van der Waals surface area contributed by atoms with Crippen LogP contribution in [-0.2, 0) is 49.5 Å². The van der Waals surface area contributed by atoms with Crippen LogP contribution in [0.5, 0.6) is 0 Å². The molecule has 3 unspecified atom stereocenters. The van der Waals surface area contributed by atoms with Gasteiger partial charge in [-0.3, -0.25) is 38.4 Å². The van der Waals surface area contributed by atoms with Gasteiger partial charge < -0.3 is 45.6 Å². The highest BCUT2D eigenvalue weighted by Crippen LogP contribution is 2.32. The van der Waals surface area contributed by atoms with Crippen LogP contribution in [0.25, 0.3) is 0 Å². The van der Waals surface area contributed by atoms with E-state index in [1.807, 2.05) is 99.6 Å². The highest BCUT2D eigenvalue weighted by atomic mass is 32.1. The van der Waals surface area contributed by atoms with Crippen LogP contribution in [0.15, 0.2) is 35.7 Å². The number of rotatable bonds is 30. The van der Waals surface area contributed by atoms with Crippen molar-refractivity contribution in [3.63, 3.8) is 0 Å². The van der Waals surface area contributed by atoms with Gasteiger partial charge in [-0.2, -0.15) is 0 Å². The third kappa shape index (κ3) is 22.1. The Morgan fingerprint density at radius 2 is 1.41 bits per heavy atom. The zero-order valence-electron chi connectivity index (χ0n) is 47.4. The summed E-state index contributed by atoms with van der Waals surface area (Å²) >= 11 is 1.13. The van der Waals surface area contributed by atoms with Gasteiger partial charge in [0, 0.05) is 69.8 Å². The monoisotopic (exact) mass is 1070 g/mol. The first-order valence-electron chi connectivity index (χ1n) is 26.2. The summed E-state index contributed by atoms with van der Waals surface area (Å²) in [6.07, 6.45) is 1.46. The number of aromatic nitrogens is 1. The van der Waals surface area contributed by atoms with Gasteiger partial charge in [-0.1, -0.05) is 99.1 Å². The van der Waals surface area contributed by atoms with E-state index in [2.05, 4.69) is 38.1 Å². The second-order valence-electron chi connectivity index (χ2n) is 22.1. The first-order valence-corrected chi connectivity index (χ1v) is 27.0. The van der Waals surface area contributed by atoms with E-state index in [4.69, 9.17) is 9.47 Å². The number of thiazole rings is 1. The molecule has 2 aromatic rings. The van der Waals surface area contributed by atoms with Gasteiger partial charge in [0.2, 0.25) is 17.7 Å². The van der Waals surface area contributed by atoms with Crippen molar-refractivity contribution in [1.29, 1.82) is 0 Å². The maximum atomic E-state index is 14.7.